The van der Waals surface area contributed by atoms with Gasteiger partial charge in [0.1, 0.15) is 5.41 Å². The molecular formula is C19H13ClN2O6. The number of carbonyl (C=O) groups is 3. The SMILES string of the molecule is COC(=O)[C@@H]1[C@H]2C(=O)N(c3ccc([N+](=O)[O-])cc3)C(=O)[C@@]12c1ccc(Cl)cc1. The number of hydrogen-bond donors (Lipinski definition) is 0. The van der Waals surface area contributed by atoms with E-state index in [9.17, 15) is 24.5 Å². The molecule has 0 unspecified atom stereocenters. The van der Waals surface area contributed by atoms with Crippen molar-refractivity contribution in [3.8, 4) is 0 Å². The maximum Gasteiger partial charge on any atom is 0.310 e. The van der Waals surface area contributed by atoms with Gasteiger partial charge >= 0.3 is 5.97 Å². The van der Waals surface area contributed by atoms with E-state index in [0.29, 0.717) is 10.6 Å². The number of halogens is 1. The second kappa shape index (κ2) is 6.13. The predicted molar refractivity (Wildman–Crippen MR) is 97.7 cm³/mol. The maximum absolute atomic E-state index is 13.3. The Balaban J connectivity index is 1.78. The molecule has 0 radical (unpaired) electrons. The summed E-state index contributed by atoms with van der Waals surface area (Å²) in [7, 11) is 1.20. The van der Waals surface area contributed by atoms with Gasteiger partial charge in [0, 0.05) is 17.2 Å². The molecule has 28 heavy (non-hydrogen) atoms. The molecule has 1 saturated heterocycles. The van der Waals surface area contributed by atoms with Crippen LogP contribution in [0, 0.1) is 22.0 Å². The lowest BCUT2D eigenvalue weighted by molar-refractivity contribution is -0.384. The van der Waals surface area contributed by atoms with E-state index >= 15 is 0 Å². The van der Waals surface area contributed by atoms with Crippen LogP contribution in [0.3, 0.4) is 0 Å². The third-order valence-corrected chi connectivity index (χ3v) is 5.60. The number of nitro groups is 1. The van der Waals surface area contributed by atoms with Gasteiger partial charge in [0.2, 0.25) is 11.8 Å². The van der Waals surface area contributed by atoms with E-state index in [-0.39, 0.29) is 11.4 Å². The molecule has 2 aromatic carbocycles. The Hall–Kier alpha value is -3.26. The molecule has 8 nitrogen and oxygen atoms in total. The highest BCUT2D eigenvalue weighted by atomic mass is 35.5. The molecule has 1 heterocycles. The zero-order valence-corrected chi connectivity index (χ0v) is 15.3. The van der Waals surface area contributed by atoms with E-state index in [2.05, 4.69) is 0 Å². The lowest BCUT2D eigenvalue weighted by Crippen LogP contribution is -2.40. The minimum absolute atomic E-state index is 0.159. The number of esters is 1. The summed E-state index contributed by atoms with van der Waals surface area (Å²) < 4.78 is 4.80. The fourth-order valence-corrected chi connectivity index (χ4v) is 4.17. The topological polar surface area (TPSA) is 107 Å². The highest BCUT2D eigenvalue weighted by molar-refractivity contribution is 6.32. The van der Waals surface area contributed by atoms with Gasteiger partial charge in [-0.1, -0.05) is 23.7 Å². The van der Waals surface area contributed by atoms with Gasteiger partial charge in [-0.05, 0) is 29.8 Å². The first-order valence-corrected chi connectivity index (χ1v) is 8.68. The number of benzene rings is 2. The van der Waals surface area contributed by atoms with E-state index in [4.69, 9.17) is 16.3 Å². The summed E-state index contributed by atoms with van der Waals surface area (Å²) >= 11 is 5.92. The Kier molecular flexibility index (Phi) is 3.97. The highest BCUT2D eigenvalue weighted by Gasteiger charge is 2.83. The number of imide groups is 1. The number of fused-ring (bicyclic) bond motifs is 1. The Bertz CT molecular complexity index is 1020. The normalized spacial score (nSPS) is 25.4. The van der Waals surface area contributed by atoms with Crippen LogP contribution in [0.1, 0.15) is 5.56 Å². The average molecular weight is 401 g/mol. The number of ether oxygens (including phenoxy) is 1. The summed E-state index contributed by atoms with van der Waals surface area (Å²) in [6.45, 7) is 0. The summed E-state index contributed by atoms with van der Waals surface area (Å²) in [5, 5.41) is 11.3. The second-order valence-corrected chi connectivity index (χ2v) is 7.04. The zero-order chi connectivity index (χ0) is 20.2. The fourth-order valence-electron chi connectivity index (χ4n) is 4.04. The third kappa shape index (κ3) is 2.27. The quantitative estimate of drug-likeness (QED) is 0.338. The predicted octanol–water partition coefficient (Wildman–Crippen LogP) is 2.48. The van der Waals surface area contributed by atoms with Crippen LogP contribution in [0.25, 0.3) is 0 Å². The first-order chi connectivity index (χ1) is 13.3. The van der Waals surface area contributed by atoms with Gasteiger partial charge in [0.05, 0.1) is 29.6 Å². The van der Waals surface area contributed by atoms with Crippen molar-refractivity contribution in [2.24, 2.45) is 11.8 Å². The van der Waals surface area contributed by atoms with Gasteiger partial charge in [-0.3, -0.25) is 24.5 Å². The Morgan fingerprint density at radius 1 is 1.14 bits per heavy atom. The highest BCUT2D eigenvalue weighted by Crippen LogP contribution is 2.66. The van der Waals surface area contributed by atoms with Crippen molar-refractivity contribution in [2.75, 3.05) is 12.0 Å². The van der Waals surface area contributed by atoms with Crippen LogP contribution in [0.4, 0.5) is 11.4 Å². The van der Waals surface area contributed by atoms with E-state index in [1.807, 2.05) is 0 Å². The molecule has 0 spiro atoms. The molecule has 0 bridgehead atoms. The van der Waals surface area contributed by atoms with Crippen molar-refractivity contribution < 1.29 is 24.0 Å². The number of anilines is 1. The molecule has 1 aliphatic heterocycles. The number of nitro benzene ring substituents is 1. The molecular weight excluding hydrogens is 388 g/mol. The van der Waals surface area contributed by atoms with E-state index in [0.717, 1.165) is 4.90 Å². The number of rotatable bonds is 4. The van der Waals surface area contributed by atoms with Gasteiger partial charge in [-0.15, -0.1) is 0 Å². The van der Waals surface area contributed by atoms with Crippen molar-refractivity contribution in [3.05, 3.63) is 69.2 Å². The van der Waals surface area contributed by atoms with Crippen LogP contribution in [0.5, 0.6) is 0 Å². The average Bonchev–Trinajstić information content (AvgIpc) is 3.33. The molecule has 2 aromatic rings. The van der Waals surface area contributed by atoms with Crippen LogP contribution in [0.15, 0.2) is 48.5 Å². The molecule has 4 rings (SSSR count). The van der Waals surface area contributed by atoms with Crippen LogP contribution < -0.4 is 4.90 Å². The molecule has 3 atom stereocenters. The first-order valence-electron chi connectivity index (χ1n) is 8.30. The van der Waals surface area contributed by atoms with Gasteiger partial charge in [0.15, 0.2) is 0 Å². The lowest BCUT2D eigenvalue weighted by Gasteiger charge is -2.22. The molecule has 2 amide bonds. The third-order valence-electron chi connectivity index (χ3n) is 5.34. The fraction of sp³-hybridized carbons (Fsp3) is 0.211. The van der Waals surface area contributed by atoms with E-state index in [1.54, 1.807) is 24.3 Å². The largest absolute Gasteiger partial charge is 0.469 e. The van der Waals surface area contributed by atoms with Crippen LogP contribution >= 0.6 is 11.6 Å². The summed E-state index contributed by atoms with van der Waals surface area (Å²) in [5.41, 5.74) is -0.797. The molecule has 1 aliphatic carbocycles. The minimum Gasteiger partial charge on any atom is -0.469 e. The number of nitrogens with zero attached hydrogens (tertiary/aromatic N) is 2. The monoisotopic (exact) mass is 400 g/mol. The van der Waals surface area contributed by atoms with Crippen molar-refractivity contribution in [1.82, 2.24) is 0 Å². The van der Waals surface area contributed by atoms with E-state index in [1.165, 1.54) is 31.4 Å². The second-order valence-electron chi connectivity index (χ2n) is 6.61. The Morgan fingerprint density at radius 3 is 2.29 bits per heavy atom. The van der Waals surface area contributed by atoms with Gasteiger partial charge in [-0.25, -0.2) is 4.90 Å². The molecule has 1 saturated carbocycles. The number of non-ortho nitro benzene ring substituents is 1. The van der Waals surface area contributed by atoms with Gasteiger partial charge in [-0.2, -0.15) is 0 Å². The molecule has 9 heteroatoms. The summed E-state index contributed by atoms with van der Waals surface area (Å²) in [4.78, 5) is 49.8. The summed E-state index contributed by atoms with van der Waals surface area (Å²) in [6, 6.07) is 11.5. The number of hydrogen-bond acceptors (Lipinski definition) is 6. The van der Waals surface area contributed by atoms with Crippen LogP contribution in [-0.2, 0) is 24.5 Å². The van der Waals surface area contributed by atoms with Crippen molar-refractivity contribution in [2.45, 2.75) is 5.41 Å². The summed E-state index contributed by atoms with van der Waals surface area (Å²) in [6.07, 6.45) is 0. The number of methoxy groups -OCH3 is 1. The number of piperidine rings is 1. The summed E-state index contributed by atoms with van der Waals surface area (Å²) in [5.74, 6) is -3.53. The Labute approximate surface area is 163 Å². The van der Waals surface area contributed by atoms with Crippen molar-refractivity contribution in [1.29, 1.82) is 0 Å². The molecule has 0 aromatic heterocycles. The lowest BCUT2D eigenvalue weighted by atomic mass is 9.91. The van der Waals surface area contributed by atoms with Crippen LogP contribution in [-0.4, -0.2) is 29.8 Å². The van der Waals surface area contributed by atoms with E-state index < -0.39 is 40.0 Å². The smallest absolute Gasteiger partial charge is 0.310 e. The number of carbonyl (C=O) groups excluding carboxylic acids is 3. The van der Waals surface area contributed by atoms with Crippen molar-refractivity contribution >= 4 is 40.8 Å². The van der Waals surface area contributed by atoms with Crippen LogP contribution in [0.2, 0.25) is 5.02 Å². The number of amides is 2. The molecule has 2 fully saturated rings. The molecule has 0 N–H and O–H groups in total. The minimum atomic E-state index is -1.35. The molecule has 2 aliphatic rings. The maximum atomic E-state index is 13.3. The van der Waals surface area contributed by atoms with Gasteiger partial charge in [0.25, 0.3) is 5.69 Å². The zero-order valence-electron chi connectivity index (χ0n) is 14.5. The van der Waals surface area contributed by atoms with Gasteiger partial charge < -0.3 is 4.74 Å². The standard InChI is InChI=1S/C19H13ClN2O6/c1-28-17(24)15-14-16(23)21(12-6-8-13(9-7-12)22(26)27)18(25)19(14,15)10-2-4-11(20)5-3-10/h2-9,14-15H,1H3/t14-,15-,19+/m0/s1. The molecule has 142 valence electrons. The first kappa shape index (κ1) is 18.1. The van der Waals surface area contributed by atoms with Crippen molar-refractivity contribution in [3.63, 3.8) is 0 Å². The Morgan fingerprint density at radius 2 is 1.75 bits per heavy atom.